The van der Waals surface area contributed by atoms with Crippen molar-refractivity contribution in [2.75, 3.05) is 13.2 Å². The molecule has 1 atom stereocenters. The van der Waals surface area contributed by atoms with E-state index in [0.717, 1.165) is 19.4 Å². The van der Waals surface area contributed by atoms with E-state index in [9.17, 15) is 5.11 Å². The van der Waals surface area contributed by atoms with E-state index in [1.165, 1.54) is 31.2 Å². The number of nitrogens with one attached hydrogen (secondary N) is 1. The normalized spacial score (nSPS) is 19.5. The van der Waals surface area contributed by atoms with Gasteiger partial charge in [0.2, 0.25) is 0 Å². The highest BCUT2D eigenvalue weighted by Gasteiger charge is 2.32. The van der Waals surface area contributed by atoms with Crippen LogP contribution in [0.4, 0.5) is 0 Å². The summed E-state index contributed by atoms with van der Waals surface area (Å²) in [4.78, 5) is 0. The molecule has 1 aliphatic rings. The first kappa shape index (κ1) is 14.5. The zero-order valence-corrected chi connectivity index (χ0v) is 12.1. The summed E-state index contributed by atoms with van der Waals surface area (Å²) in [5.74, 6) is 0. The molecule has 0 radical (unpaired) electrons. The average Bonchev–Trinajstić information content (AvgIpc) is 2.93. The van der Waals surface area contributed by atoms with Crippen LogP contribution < -0.4 is 5.32 Å². The van der Waals surface area contributed by atoms with Gasteiger partial charge < -0.3 is 10.4 Å². The number of rotatable bonds is 7. The molecule has 0 bridgehead atoms. The SMILES string of the molecule is CC(CCc1ccccc1)NCC1(CO)CCCC1. The number of benzene rings is 1. The highest BCUT2D eigenvalue weighted by Crippen LogP contribution is 2.37. The molecule has 19 heavy (non-hydrogen) atoms. The summed E-state index contributed by atoms with van der Waals surface area (Å²) in [5, 5.41) is 13.2. The lowest BCUT2D eigenvalue weighted by Gasteiger charge is -2.28. The molecule has 1 saturated carbocycles. The highest BCUT2D eigenvalue weighted by atomic mass is 16.3. The molecule has 0 aromatic heterocycles. The van der Waals surface area contributed by atoms with Crippen molar-refractivity contribution in [3.63, 3.8) is 0 Å². The Kier molecular flexibility index (Phi) is 5.41. The van der Waals surface area contributed by atoms with Crippen molar-refractivity contribution in [2.24, 2.45) is 5.41 Å². The van der Waals surface area contributed by atoms with E-state index >= 15 is 0 Å². The van der Waals surface area contributed by atoms with Gasteiger partial charge >= 0.3 is 0 Å². The summed E-state index contributed by atoms with van der Waals surface area (Å²) < 4.78 is 0. The molecule has 2 rings (SSSR count). The molecular weight excluding hydrogens is 234 g/mol. The summed E-state index contributed by atoms with van der Waals surface area (Å²) in [7, 11) is 0. The Hall–Kier alpha value is -0.860. The van der Waals surface area contributed by atoms with Gasteiger partial charge in [0.05, 0.1) is 0 Å². The number of hydrogen-bond donors (Lipinski definition) is 2. The minimum atomic E-state index is 0.168. The second kappa shape index (κ2) is 7.06. The van der Waals surface area contributed by atoms with Crippen molar-refractivity contribution in [1.82, 2.24) is 5.32 Å². The van der Waals surface area contributed by atoms with Crippen LogP contribution in [0.25, 0.3) is 0 Å². The van der Waals surface area contributed by atoms with E-state index in [0.29, 0.717) is 12.6 Å². The fraction of sp³-hybridized carbons (Fsp3) is 0.647. The van der Waals surface area contributed by atoms with Crippen LogP contribution in [-0.2, 0) is 6.42 Å². The minimum absolute atomic E-state index is 0.168. The number of aryl methyl sites for hydroxylation is 1. The monoisotopic (exact) mass is 261 g/mol. The summed E-state index contributed by atoms with van der Waals surface area (Å²) in [6, 6.07) is 11.2. The van der Waals surface area contributed by atoms with Crippen LogP contribution in [0.3, 0.4) is 0 Å². The van der Waals surface area contributed by atoms with E-state index in [-0.39, 0.29) is 5.41 Å². The molecule has 0 spiro atoms. The third-order valence-electron chi connectivity index (χ3n) is 4.53. The van der Waals surface area contributed by atoms with E-state index < -0.39 is 0 Å². The highest BCUT2D eigenvalue weighted by molar-refractivity contribution is 5.14. The lowest BCUT2D eigenvalue weighted by atomic mass is 9.87. The van der Waals surface area contributed by atoms with Gasteiger partial charge in [0, 0.05) is 24.6 Å². The van der Waals surface area contributed by atoms with Gasteiger partial charge in [-0.25, -0.2) is 0 Å². The summed E-state index contributed by atoms with van der Waals surface area (Å²) in [6.45, 7) is 3.56. The Morgan fingerprint density at radius 1 is 1.21 bits per heavy atom. The van der Waals surface area contributed by atoms with Gasteiger partial charge in [-0.05, 0) is 38.2 Å². The van der Waals surface area contributed by atoms with E-state index in [4.69, 9.17) is 0 Å². The Labute approximate surface area is 117 Å². The number of hydrogen-bond acceptors (Lipinski definition) is 2. The Morgan fingerprint density at radius 2 is 1.89 bits per heavy atom. The summed E-state index contributed by atoms with van der Waals surface area (Å²) in [5.41, 5.74) is 1.58. The largest absolute Gasteiger partial charge is 0.396 e. The van der Waals surface area contributed by atoms with Crippen LogP contribution >= 0.6 is 0 Å². The van der Waals surface area contributed by atoms with Crippen molar-refractivity contribution in [1.29, 1.82) is 0 Å². The van der Waals surface area contributed by atoms with Crippen molar-refractivity contribution in [3.05, 3.63) is 35.9 Å². The third-order valence-corrected chi connectivity index (χ3v) is 4.53. The number of aliphatic hydroxyl groups excluding tert-OH is 1. The molecule has 0 saturated heterocycles. The van der Waals surface area contributed by atoms with Crippen LogP contribution in [0, 0.1) is 5.41 Å². The molecule has 2 N–H and O–H groups in total. The average molecular weight is 261 g/mol. The fourth-order valence-electron chi connectivity index (χ4n) is 3.04. The topological polar surface area (TPSA) is 32.3 Å². The Bertz CT molecular complexity index is 357. The maximum absolute atomic E-state index is 9.60. The molecule has 0 aliphatic heterocycles. The van der Waals surface area contributed by atoms with Gasteiger partial charge in [0.25, 0.3) is 0 Å². The molecule has 1 aromatic rings. The molecule has 0 heterocycles. The molecule has 1 fully saturated rings. The van der Waals surface area contributed by atoms with Gasteiger partial charge in [-0.1, -0.05) is 43.2 Å². The molecule has 1 aliphatic carbocycles. The van der Waals surface area contributed by atoms with Crippen molar-refractivity contribution < 1.29 is 5.11 Å². The Morgan fingerprint density at radius 3 is 2.53 bits per heavy atom. The zero-order chi connectivity index (χ0) is 13.6. The van der Waals surface area contributed by atoms with Crippen molar-refractivity contribution in [2.45, 2.75) is 51.5 Å². The molecule has 2 heteroatoms. The predicted molar refractivity (Wildman–Crippen MR) is 80.2 cm³/mol. The second-order valence-electron chi connectivity index (χ2n) is 6.17. The van der Waals surface area contributed by atoms with Gasteiger partial charge in [-0.2, -0.15) is 0 Å². The third kappa shape index (κ3) is 4.32. The summed E-state index contributed by atoms with van der Waals surface area (Å²) >= 11 is 0. The quantitative estimate of drug-likeness (QED) is 0.790. The first-order valence-corrected chi connectivity index (χ1v) is 7.62. The lowest BCUT2D eigenvalue weighted by Crippen LogP contribution is -2.39. The Balaban J connectivity index is 1.71. The molecule has 0 amide bonds. The maximum atomic E-state index is 9.60. The van der Waals surface area contributed by atoms with Crippen molar-refractivity contribution in [3.8, 4) is 0 Å². The van der Waals surface area contributed by atoms with Crippen LogP contribution in [-0.4, -0.2) is 24.3 Å². The van der Waals surface area contributed by atoms with Gasteiger partial charge in [-0.15, -0.1) is 0 Å². The van der Waals surface area contributed by atoms with E-state index in [1.54, 1.807) is 0 Å². The molecular formula is C17H27NO. The van der Waals surface area contributed by atoms with Crippen LogP contribution in [0.1, 0.15) is 44.6 Å². The van der Waals surface area contributed by atoms with Crippen LogP contribution in [0.15, 0.2) is 30.3 Å². The van der Waals surface area contributed by atoms with E-state index in [2.05, 4.69) is 42.6 Å². The minimum Gasteiger partial charge on any atom is -0.396 e. The van der Waals surface area contributed by atoms with Gasteiger partial charge in [0.15, 0.2) is 0 Å². The molecule has 1 aromatic carbocycles. The van der Waals surface area contributed by atoms with Gasteiger partial charge in [0.1, 0.15) is 0 Å². The number of aliphatic hydroxyl groups is 1. The molecule has 106 valence electrons. The van der Waals surface area contributed by atoms with Gasteiger partial charge in [-0.3, -0.25) is 0 Å². The summed E-state index contributed by atoms with van der Waals surface area (Å²) in [6.07, 6.45) is 7.21. The lowest BCUT2D eigenvalue weighted by molar-refractivity contribution is 0.125. The molecule has 2 nitrogen and oxygen atoms in total. The second-order valence-corrected chi connectivity index (χ2v) is 6.17. The first-order valence-electron chi connectivity index (χ1n) is 7.62. The van der Waals surface area contributed by atoms with Crippen LogP contribution in [0.5, 0.6) is 0 Å². The smallest absolute Gasteiger partial charge is 0.0499 e. The van der Waals surface area contributed by atoms with Crippen LogP contribution in [0.2, 0.25) is 0 Å². The molecule has 1 unspecified atom stereocenters. The predicted octanol–water partition coefficient (Wildman–Crippen LogP) is 3.15. The zero-order valence-electron chi connectivity index (χ0n) is 12.1. The van der Waals surface area contributed by atoms with Crippen molar-refractivity contribution >= 4 is 0 Å². The maximum Gasteiger partial charge on any atom is 0.0499 e. The first-order chi connectivity index (χ1) is 9.24. The fourth-order valence-corrected chi connectivity index (χ4v) is 3.04. The van der Waals surface area contributed by atoms with E-state index in [1.807, 2.05) is 0 Å². The standard InChI is InChI=1S/C17H27NO/c1-15(9-10-16-7-3-2-4-8-16)18-13-17(14-19)11-5-6-12-17/h2-4,7-8,15,18-19H,5-6,9-14H2,1H3.